The third kappa shape index (κ3) is 8.20. The number of amides is 4. The van der Waals surface area contributed by atoms with Gasteiger partial charge in [0.05, 0.1) is 13.2 Å². The maximum Gasteiger partial charge on any atom is 0.323 e. The number of para-hydroxylation sites is 1. The number of piperidine rings is 1. The molecule has 0 saturated carbocycles. The molecule has 0 aliphatic carbocycles. The van der Waals surface area contributed by atoms with Crippen LogP contribution < -0.4 is 10.6 Å². The molecular formula is C30H43N5O3. The van der Waals surface area contributed by atoms with Gasteiger partial charge < -0.3 is 30.1 Å². The zero-order valence-corrected chi connectivity index (χ0v) is 22.9. The zero-order valence-electron chi connectivity index (χ0n) is 22.9. The molecule has 4 amide bonds. The van der Waals surface area contributed by atoms with Crippen LogP contribution >= 0.6 is 0 Å². The van der Waals surface area contributed by atoms with Crippen molar-refractivity contribution < 1.29 is 14.3 Å². The summed E-state index contributed by atoms with van der Waals surface area (Å²) in [6.07, 6.45) is 4.14. The summed E-state index contributed by atoms with van der Waals surface area (Å²) in [5.74, 6) is 0.604. The second-order valence-electron chi connectivity index (χ2n) is 10.5. The summed E-state index contributed by atoms with van der Waals surface area (Å²) < 4.78 is 5.39. The summed E-state index contributed by atoms with van der Waals surface area (Å²) >= 11 is 0. The van der Waals surface area contributed by atoms with E-state index in [4.69, 9.17) is 4.74 Å². The highest BCUT2D eigenvalue weighted by atomic mass is 16.5. The third-order valence-corrected chi connectivity index (χ3v) is 7.54. The number of carbonyl (C=O) groups excluding carboxylic acids is 2. The van der Waals surface area contributed by atoms with E-state index in [-0.39, 0.29) is 12.1 Å². The molecule has 38 heavy (non-hydrogen) atoms. The summed E-state index contributed by atoms with van der Waals surface area (Å²) in [5, 5.41) is 5.82. The van der Waals surface area contributed by atoms with Crippen molar-refractivity contribution in [2.45, 2.75) is 45.6 Å². The van der Waals surface area contributed by atoms with Crippen molar-refractivity contribution >= 4 is 23.4 Å². The largest absolute Gasteiger partial charge is 0.378 e. The van der Waals surface area contributed by atoms with Crippen molar-refractivity contribution in [2.24, 2.45) is 5.92 Å². The number of hydrogen-bond donors (Lipinski definition) is 2. The minimum atomic E-state index is -0.243. The maximum absolute atomic E-state index is 12.8. The minimum Gasteiger partial charge on any atom is -0.378 e. The molecule has 4 rings (SSSR count). The number of benzene rings is 2. The lowest BCUT2D eigenvalue weighted by atomic mass is 9.95. The van der Waals surface area contributed by atoms with E-state index in [1.807, 2.05) is 52.3 Å². The second kappa shape index (κ2) is 14.2. The fourth-order valence-electron chi connectivity index (χ4n) is 5.43. The number of carbonyl (C=O) groups is 2. The monoisotopic (exact) mass is 521 g/mol. The van der Waals surface area contributed by atoms with Gasteiger partial charge in [0.1, 0.15) is 0 Å². The molecule has 8 nitrogen and oxygen atoms in total. The van der Waals surface area contributed by atoms with Gasteiger partial charge in [0.2, 0.25) is 0 Å². The molecule has 1 atom stereocenters. The van der Waals surface area contributed by atoms with Crippen molar-refractivity contribution in [1.82, 2.24) is 14.7 Å². The number of hydrogen-bond acceptors (Lipinski definition) is 4. The lowest BCUT2D eigenvalue weighted by Crippen LogP contribution is -2.51. The predicted molar refractivity (Wildman–Crippen MR) is 153 cm³/mol. The number of morpholine rings is 1. The van der Waals surface area contributed by atoms with Gasteiger partial charge in [0.15, 0.2) is 0 Å². The highest BCUT2D eigenvalue weighted by Gasteiger charge is 2.28. The molecule has 0 aromatic heterocycles. The van der Waals surface area contributed by atoms with Crippen LogP contribution in [0.5, 0.6) is 0 Å². The number of urea groups is 2. The molecule has 0 bridgehead atoms. The molecule has 206 valence electrons. The zero-order chi connectivity index (χ0) is 26.7. The van der Waals surface area contributed by atoms with E-state index in [0.717, 1.165) is 63.2 Å². The molecule has 2 aromatic rings. The van der Waals surface area contributed by atoms with Gasteiger partial charge in [-0.3, -0.25) is 0 Å². The Morgan fingerprint density at radius 3 is 2.32 bits per heavy atom. The average molecular weight is 522 g/mol. The topological polar surface area (TPSA) is 77.2 Å². The van der Waals surface area contributed by atoms with Gasteiger partial charge in [-0.2, -0.15) is 0 Å². The van der Waals surface area contributed by atoms with Crippen LogP contribution in [0, 0.1) is 5.92 Å². The first-order valence-corrected chi connectivity index (χ1v) is 14.1. The first-order valence-electron chi connectivity index (χ1n) is 14.1. The number of anilines is 2. The van der Waals surface area contributed by atoms with Crippen molar-refractivity contribution in [3.05, 3.63) is 60.2 Å². The Labute approximate surface area is 227 Å². The minimum absolute atomic E-state index is 0.177. The summed E-state index contributed by atoms with van der Waals surface area (Å²) in [6.45, 7) is 11.0. The summed E-state index contributed by atoms with van der Waals surface area (Å²) in [4.78, 5) is 31.8. The Balaban J connectivity index is 1.26. The molecule has 2 aliphatic heterocycles. The van der Waals surface area contributed by atoms with Crippen molar-refractivity contribution in [1.29, 1.82) is 0 Å². The number of nitrogens with one attached hydrogen (secondary N) is 2. The molecule has 2 N–H and O–H groups in total. The number of likely N-dealkylation sites (tertiary alicyclic amines) is 1. The van der Waals surface area contributed by atoms with Crippen molar-refractivity contribution in [2.75, 3.05) is 63.1 Å². The van der Waals surface area contributed by atoms with Crippen LogP contribution in [0.2, 0.25) is 0 Å². The predicted octanol–water partition coefficient (Wildman–Crippen LogP) is 5.14. The molecular weight excluding hydrogens is 478 g/mol. The summed E-state index contributed by atoms with van der Waals surface area (Å²) in [5.41, 5.74) is 2.77. The first kappa shape index (κ1) is 27.9. The Kier molecular flexibility index (Phi) is 10.4. The van der Waals surface area contributed by atoms with Gasteiger partial charge >= 0.3 is 12.1 Å². The van der Waals surface area contributed by atoms with E-state index >= 15 is 0 Å². The van der Waals surface area contributed by atoms with E-state index in [1.54, 1.807) is 0 Å². The molecule has 2 aliphatic rings. The fourth-order valence-corrected chi connectivity index (χ4v) is 5.43. The van der Waals surface area contributed by atoms with Crippen LogP contribution in [-0.2, 0) is 11.2 Å². The first-order chi connectivity index (χ1) is 18.5. The second-order valence-corrected chi connectivity index (χ2v) is 10.5. The molecule has 2 saturated heterocycles. The van der Waals surface area contributed by atoms with Gasteiger partial charge in [-0.1, -0.05) is 37.3 Å². The summed E-state index contributed by atoms with van der Waals surface area (Å²) in [6, 6.07) is 17.9. The van der Waals surface area contributed by atoms with Crippen LogP contribution in [0.15, 0.2) is 54.6 Å². The smallest absolute Gasteiger partial charge is 0.323 e. The molecule has 0 spiro atoms. The van der Waals surface area contributed by atoms with E-state index in [2.05, 4.69) is 41.5 Å². The standard InChI is InChI=1S/C30H43N5O3/c1-3-14-35(23-25-12-15-33(16-13-25)30(37)34-17-19-38-20-18-34)24(2)21-26-8-7-11-28(22-26)32-29(36)31-27-9-5-4-6-10-27/h4-11,22,24-25H,3,12-21,23H2,1-2H3,(H2,31,32,36). The quantitative estimate of drug-likeness (QED) is 0.479. The SMILES string of the molecule is CCCN(CC1CCN(C(=O)N2CCOCC2)CC1)C(C)Cc1cccc(NC(=O)Nc2ccccc2)c1. The molecule has 0 radical (unpaired) electrons. The average Bonchev–Trinajstić information content (AvgIpc) is 2.94. The van der Waals surface area contributed by atoms with E-state index in [9.17, 15) is 9.59 Å². The van der Waals surface area contributed by atoms with Crippen LogP contribution in [0.25, 0.3) is 0 Å². The van der Waals surface area contributed by atoms with Crippen LogP contribution in [-0.4, -0.2) is 85.3 Å². The summed E-state index contributed by atoms with van der Waals surface area (Å²) in [7, 11) is 0. The van der Waals surface area contributed by atoms with Gasteiger partial charge in [-0.25, -0.2) is 9.59 Å². The van der Waals surface area contributed by atoms with Gasteiger partial charge in [-0.05, 0) is 74.9 Å². The Hall–Kier alpha value is -3.10. The Bertz CT molecular complexity index is 1020. The molecule has 2 fully saturated rings. The molecule has 2 heterocycles. The molecule has 2 aromatic carbocycles. The number of ether oxygens (including phenoxy) is 1. The number of nitrogens with zero attached hydrogens (tertiary/aromatic N) is 3. The van der Waals surface area contributed by atoms with E-state index in [0.29, 0.717) is 38.3 Å². The lowest BCUT2D eigenvalue weighted by Gasteiger charge is -2.39. The van der Waals surface area contributed by atoms with Crippen molar-refractivity contribution in [3.63, 3.8) is 0 Å². The van der Waals surface area contributed by atoms with Crippen LogP contribution in [0.1, 0.15) is 38.7 Å². The van der Waals surface area contributed by atoms with Gasteiger partial charge in [0.25, 0.3) is 0 Å². The Morgan fingerprint density at radius 1 is 0.947 bits per heavy atom. The van der Waals surface area contributed by atoms with Crippen LogP contribution in [0.3, 0.4) is 0 Å². The van der Waals surface area contributed by atoms with Crippen LogP contribution in [0.4, 0.5) is 21.0 Å². The third-order valence-electron chi connectivity index (χ3n) is 7.54. The van der Waals surface area contributed by atoms with E-state index < -0.39 is 0 Å². The lowest BCUT2D eigenvalue weighted by molar-refractivity contribution is 0.0386. The molecule has 1 unspecified atom stereocenters. The highest BCUT2D eigenvalue weighted by Crippen LogP contribution is 2.22. The normalized spacial score (nSPS) is 17.3. The number of rotatable bonds is 9. The Morgan fingerprint density at radius 2 is 1.61 bits per heavy atom. The van der Waals surface area contributed by atoms with Gasteiger partial charge in [-0.15, -0.1) is 0 Å². The van der Waals surface area contributed by atoms with Crippen molar-refractivity contribution in [3.8, 4) is 0 Å². The molecule has 8 heteroatoms. The maximum atomic E-state index is 12.8. The van der Waals surface area contributed by atoms with E-state index in [1.165, 1.54) is 5.56 Å². The highest BCUT2D eigenvalue weighted by molar-refractivity contribution is 5.99. The van der Waals surface area contributed by atoms with Gasteiger partial charge in [0, 0.05) is 50.1 Å². The fraction of sp³-hybridized carbons (Fsp3) is 0.533.